The molecule has 0 fully saturated rings. The smallest absolute Gasteiger partial charge is 0.406 e. The van der Waals surface area contributed by atoms with Crippen molar-refractivity contribution in [2.24, 2.45) is 0 Å². The first kappa shape index (κ1) is 23.4. The van der Waals surface area contributed by atoms with Crippen LogP contribution in [0.1, 0.15) is 5.56 Å². The molecule has 0 atom stereocenters. The van der Waals surface area contributed by atoms with Gasteiger partial charge in [-0.15, -0.1) is 18.3 Å². The van der Waals surface area contributed by atoms with Gasteiger partial charge in [-0.25, -0.2) is 9.59 Å². The van der Waals surface area contributed by atoms with Crippen LogP contribution in [0, 0.1) is 0 Å². The fraction of sp³-hybridized carbons (Fsp3) is 0.0870. The molecule has 0 saturated heterocycles. The first-order chi connectivity index (χ1) is 16.7. The van der Waals surface area contributed by atoms with Gasteiger partial charge in [0.2, 0.25) is 0 Å². The molecule has 3 amide bonds. The fourth-order valence-corrected chi connectivity index (χ4v) is 3.28. The van der Waals surface area contributed by atoms with Gasteiger partial charge in [0.05, 0.1) is 5.52 Å². The lowest BCUT2D eigenvalue weighted by Gasteiger charge is -2.11. The van der Waals surface area contributed by atoms with E-state index in [9.17, 15) is 22.8 Å². The maximum atomic E-state index is 12.7. The molecule has 5 N–H and O–H groups in total. The molecule has 0 radical (unpaired) electrons. The molecular formula is C23H19F3N6O3. The number of nitrogens with two attached hydrogens (primary N) is 1. The molecule has 4 aromatic rings. The Morgan fingerprint density at radius 1 is 0.943 bits per heavy atom. The number of benzene rings is 3. The molecule has 1 aromatic heterocycles. The Balaban J connectivity index is 1.33. The van der Waals surface area contributed by atoms with Crippen LogP contribution in [0.3, 0.4) is 0 Å². The summed E-state index contributed by atoms with van der Waals surface area (Å²) in [4.78, 5) is 24.9. The van der Waals surface area contributed by atoms with E-state index in [1.807, 2.05) is 0 Å². The number of nitrogens with zero attached hydrogens (tertiary/aromatic N) is 2. The largest absolute Gasteiger partial charge is 0.573 e. The summed E-state index contributed by atoms with van der Waals surface area (Å²) < 4.78 is 41.6. The van der Waals surface area contributed by atoms with Crippen molar-refractivity contribution in [1.29, 1.82) is 0 Å². The lowest BCUT2D eigenvalue weighted by atomic mass is 10.2. The van der Waals surface area contributed by atoms with Crippen LogP contribution in [0.2, 0.25) is 0 Å². The maximum absolute atomic E-state index is 12.7. The molecule has 0 aliphatic carbocycles. The molecule has 0 aliphatic rings. The number of rotatable bonds is 5. The van der Waals surface area contributed by atoms with E-state index in [1.54, 1.807) is 48.5 Å². The monoisotopic (exact) mass is 484 g/mol. The minimum absolute atomic E-state index is 0.127. The Morgan fingerprint density at radius 3 is 2.43 bits per heavy atom. The number of ether oxygens (including phenoxy) is 1. The van der Waals surface area contributed by atoms with Crippen molar-refractivity contribution < 1.29 is 27.5 Å². The number of para-hydroxylation sites is 1. The standard InChI is InChI=1S/C23H19F3N6O3/c24-23(25,26)35-17-10-8-15(9-11-17)29-21(33)28-13-14-4-3-5-16(12-14)30-22(34)32-19-7-2-1-6-18(19)20(27)31-32/h1-12H,13H2,(H2,27,31)(H,30,34)(H2,28,29,33). The van der Waals surface area contributed by atoms with Crippen molar-refractivity contribution in [3.63, 3.8) is 0 Å². The van der Waals surface area contributed by atoms with Crippen LogP contribution < -0.4 is 26.4 Å². The van der Waals surface area contributed by atoms with Crippen molar-refractivity contribution in [1.82, 2.24) is 15.1 Å². The summed E-state index contributed by atoms with van der Waals surface area (Å²) in [6, 6.07) is 17.6. The number of amides is 3. The van der Waals surface area contributed by atoms with Gasteiger partial charge in [-0.3, -0.25) is 0 Å². The molecule has 3 aromatic carbocycles. The molecule has 12 heteroatoms. The molecule has 1 heterocycles. The Morgan fingerprint density at radius 2 is 1.69 bits per heavy atom. The van der Waals surface area contributed by atoms with E-state index in [1.165, 1.54) is 16.8 Å². The predicted molar refractivity (Wildman–Crippen MR) is 124 cm³/mol. The summed E-state index contributed by atoms with van der Waals surface area (Å²) in [5.41, 5.74) is 7.89. The normalized spacial score (nSPS) is 11.2. The summed E-state index contributed by atoms with van der Waals surface area (Å²) in [6.07, 6.45) is -4.79. The third-order valence-electron chi connectivity index (χ3n) is 4.79. The van der Waals surface area contributed by atoms with Crippen molar-refractivity contribution in [2.45, 2.75) is 12.9 Å². The molecule has 0 aliphatic heterocycles. The Labute approximate surface area is 196 Å². The fourth-order valence-electron chi connectivity index (χ4n) is 3.28. The Bertz CT molecular complexity index is 1370. The second-order valence-corrected chi connectivity index (χ2v) is 7.32. The number of hydrogen-bond donors (Lipinski definition) is 4. The first-order valence-electron chi connectivity index (χ1n) is 10.2. The highest BCUT2D eigenvalue weighted by atomic mass is 19.4. The average Bonchev–Trinajstić information content (AvgIpc) is 3.15. The highest BCUT2D eigenvalue weighted by Gasteiger charge is 2.31. The lowest BCUT2D eigenvalue weighted by Crippen LogP contribution is -2.28. The van der Waals surface area contributed by atoms with Gasteiger partial charge in [0, 0.05) is 23.3 Å². The number of alkyl halides is 3. The zero-order chi connectivity index (χ0) is 25.0. The van der Waals surface area contributed by atoms with Crippen LogP contribution in [0.5, 0.6) is 5.75 Å². The van der Waals surface area contributed by atoms with Crippen LogP contribution >= 0.6 is 0 Å². The molecule has 0 bridgehead atoms. The topological polar surface area (TPSA) is 123 Å². The van der Waals surface area contributed by atoms with Crippen molar-refractivity contribution in [3.8, 4) is 5.75 Å². The summed E-state index contributed by atoms with van der Waals surface area (Å²) in [5, 5.41) is 12.6. The summed E-state index contributed by atoms with van der Waals surface area (Å²) in [7, 11) is 0. The molecule has 0 saturated carbocycles. The van der Waals surface area contributed by atoms with E-state index in [4.69, 9.17) is 5.73 Å². The third kappa shape index (κ3) is 5.99. The van der Waals surface area contributed by atoms with Crippen molar-refractivity contribution in [2.75, 3.05) is 16.4 Å². The number of carbonyl (C=O) groups excluding carboxylic acids is 2. The SMILES string of the molecule is Nc1nn(C(=O)Nc2cccc(CNC(=O)Nc3ccc(OC(F)(F)F)cc3)c2)c2ccccc12. The minimum atomic E-state index is -4.79. The number of anilines is 3. The third-order valence-corrected chi connectivity index (χ3v) is 4.79. The Hall–Kier alpha value is -4.74. The van der Waals surface area contributed by atoms with Gasteiger partial charge >= 0.3 is 18.4 Å². The number of nitrogens with one attached hydrogen (secondary N) is 3. The van der Waals surface area contributed by atoms with Gasteiger partial charge in [-0.05, 0) is 54.1 Å². The van der Waals surface area contributed by atoms with Crippen molar-refractivity contribution >= 4 is 40.2 Å². The van der Waals surface area contributed by atoms with Crippen LogP contribution in [0.25, 0.3) is 10.9 Å². The summed E-state index contributed by atoms with van der Waals surface area (Å²) >= 11 is 0. The van der Waals surface area contributed by atoms with E-state index in [-0.39, 0.29) is 18.1 Å². The summed E-state index contributed by atoms with van der Waals surface area (Å²) in [5.74, 6) is -0.157. The quantitative estimate of drug-likeness (QED) is 0.320. The van der Waals surface area contributed by atoms with Crippen LogP contribution in [-0.2, 0) is 6.54 Å². The second kappa shape index (κ2) is 9.63. The zero-order valence-electron chi connectivity index (χ0n) is 18.0. The van der Waals surface area contributed by atoms with E-state index in [2.05, 4.69) is 25.8 Å². The molecule has 9 nitrogen and oxygen atoms in total. The van der Waals surface area contributed by atoms with E-state index < -0.39 is 24.2 Å². The number of aromatic nitrogens is 2. The second-order valence-electron chi connectivity index (χ2n) is 7.32. The van der Waals surface area contributed by atoms with Gasteiger partial charge < -0.3 is 26.4 Å². The van der Waals surface area contributed by atoms with E-state index >= 15 is 0 Å². The van der Waals surface area contributed by atoms with Gasteiger partial charge in [-0.2, -0.15) is 4.68 Å². The van der Waals surface area contributed by atoms with Crippen LogP contribution in [-0.4, -0.2) is 28.2 Å². The van der Waals surface area contributed by atoms with Crippen LogP contribution in [0.4, 0.5) is 40.0 Å². The van der Waals surface area contributed by atoms with Gasteiger partial charge in [-0.1, -0.05) is 24.3 Å². The number of fused-ring (bicyclic) bond motifs is 1. The average molecular weight is 484 g/mol. The number of urea groups is 1. The maximum Gasteiger partial charge on any atom is 0.573 e. The number of nitrogen functional groups attached to an aromatic ring is 1. The van der Waals surface area contributed by atoms with E-state index in [0.29, 0.717) is 22.2 Å². The number of hydrogen-bond acceptors (Lipinski definition) is 5. The molecule has 0 spiro atoms. The van der Waals surface area contributed by atoms with Gasteiger partial charge in [0.1, 0.15) is 5.75 Å². The zero-order valence-corrected chi connectivity index (χ0v) is 18.0. The van der Waals surface area contributed by atoms with Crippen LogP contribution in [0.15, 0.2) is 72.8 Å². The lowest BCUT2D eigenvalue weighted by molar-refractivity contribution is -0.274. The highest BCUT2D eigenvalue weighted by Crippen LogP contribution is 2.24. The van der Waals surface area contributed by atoms with Gasteiger partial charge in [0.25, 0.3) is 0 Å². The number of halogens is 3. The first-order valence-corrected chi connectivity index (χ1v) is 10.2. The van der Waals surface area contributed by atoms with Crippen molar-refractivity contribution in [3.05, 3.63) is 78.4 Å². The highest BCUT2D eigenvalue weighted by molar-refractivity contribution is 6.00. The predicted octanol–water partition coefficient (Wildman–Crippen LogP) is 4.92. The molecule has 35 heavy (non-hydrogen) atoms. The van der Waals surface area contributed by atoms with E-state index in [0.717, 1.165) is 12.1 Å². The minimum Gasteiger partial charge on any atom is -0.406 e. The summed E-state index contributed by atoms with van der Waals surface area (Å²) in [6.45, 7) is 0.127. The molecule has 180 valence electrons. The molecule has 4 rings (SSSR count). The Kier molecular flexibility index (Phi) is 6.44. The molecule has 0 unspecified atom stereocenters. The van der Waals surface area contributed by atoms with Gasteiger partial charge in [0.15, 0.2) is 5.82 Å². The molecular weight excluding hydrogens is 465 g/mol. The number of carbonyl (C=O) groups is 2.